The largest absolute Gasteiger partial charge is 0.497 e. The fourth-order valence-corrected chi connectivity index (χ4v) is 4.19. The maximum atomic E-state index is 13.9. The van der Waals surface area contributed by atoms with Gasteiger partial charge in [0.2, 0.25) is 5.91 Å². The van der Waals surface area contributed by atoms with Gasteiger partial charge in [0.05, 0.1) is 7.11 Å². The minimum atomic E-state index is -0.962. The lowest BCUT2D eigenvalue weighted by Gasteiger charge is -2.34. The third kappa shape index (κ3) is 7.16. The van der Waals surface area contributed by atoms with Crippen molar-refractivity contribution in [2.75, 3.05) is 18.2 Å². The Hall–Kier alpha value is -3.20. The summed E-state index contributed by atoms with van der Waals surface area (Å²) < 4.78 is 10.5. The molecule has 0 aromatic heterocycles. The van der Waals surface area contributed by atoms with Gasteiger partial charge in [0.15, 0.2) is 0 Å². The number of thiol groups is 1. The van der Waals surface area contributed by atoms with Gasteiger partial charge in [0.25, 0.3) is 5.91 Å². The number of amides is 3. The number of hydrogen-bond acceptors (Lipinski definition) is 6. The number of carbonyl (C=O) groups excluding carboxylic acids is 3. The molecule has 2 aromatic carbocycles. The van der Waals surface area contributed by atoms with Gasteiger partial charge in [0, 0.05) is 17.5 Å². The Labute approximate surface area is 218 Å². The molecule has 0 radical (unpaired) electrons. The first-order chi connectivity index (χ1) is 17.0. The molecule has 0 heterocycles. The van der Waals surface area contributed by atoms with E-state index in [0.29, 0.717) is 17.0 Å². The molecule has 1 fully saturated rings. The zero-order valence-electron chi connectivity index (χ0n) is 21.4. The molecule has 3 rings (SSSR count). The number of nitrogens with one attached hydrogen (secondary N) is 2. The summed E-state index contributed by atoms with van der Waals surface area (Å²) in [6, 6.07) is 14.1. The van der Waals surface area contributed by atoms with Gasteiger partial charge in [0.1, 0.15) is 23.4 Å². The van der Waals surface area contributed by atoms with Crippen molar-refractivity contribution in [2.45, 2.75) is 57.8 Å². The van der Waals surface area contributed by atoms with E-state index in [-0.39, 0.29) is 29.5 Å². The van der Waals surface area contributed by atoms with Gasteiger partial charge in [-0.3, -0.25) is 9.59 Å². The number of hydrogen-bond donors (Lipinski definition) is 3. The van der Waals surface area contributed by atoms with Crippen LogP contribution in [-0.4, -0.2) is 53.4 Å². The van der Waals surface area contributed by atoms with E-state index in [1.807, 2.05) is 37.3 Å². The van der Waals surface area contributed by atoms with Crippen LogP contribution in [0.1, 0.15) is 45.7 Å². The molecule has 0 saturated heterocycles. The molecule has 4 atom stereocenters. The summed E-state index contributed by atoms with van der Waals surface area (Å²) in [6.07, 6.45) is 0.0500. The number of anilines is 1. The first-order valence-corrected chi connectivity index (χ1v) is 12.6. The van der Waals surface area contributed by atoms with E-state index in [0.717, 1.165) is 6.42 Å². The van der Waals surface area contributed by atoms with E-state index >= 15 is 0 Å². The number of ether oxygens (including phenoxy) is 2. The smallest absolute Gasteiger partial charge is 0.408 e. The molecule has 2 aromatic rings. The number of methoxy groups -OCH3 is 1. The Morgan fingerprint density at radius 1 is 1.08 bits per heavy atom. The van der Waals surface area contributed by atoms with E-state index in [9.17, 15) is 14.4 Å². The summed E-state index contributed by atoms with van der Waals surface area (Å²) in [5.74, 6) is 0.201. The zero-order chi connectivity index (χ0) is 26.5. The Morgan fingerprint density at radius 2 is 1.69 bits per heavy atom. The van der Waals surface area contributed by atoms with Crippen molar-refractivity contribution in [3.63, 3.8) is 0 Å². The van der Waals surface area contributed by atoms with Gasteiger partial charge < -0.3 is 25.0 Å². The first kappa shape index (κ1) is 27.4. The molecular weight excluding hydrogens is 478 g/mol. The van der Waals surface area contributed by atoms with Crippen LogP contribution >= 0.6 is 12.6 Å². The maximum Gasteiger partial charge on any atom is 0.408 e. The van der Waals surface area contributed by atoms with Crippen LogP contribution in [-0.2, 0) is 14.3 Å². The van der Waals surface area contributed by atoms with Crippen LogP contribution in [0.15, 0.2) is 54.6 Å². The highest BCUT2D eigenvalue weighted by Gasteiger charge is 2.48. The summed E-state index contributed by atoms with van der Waals surface area (Å²) in [5, 5.41) is 5.57. The lowest BCUT2D eigenvalue weighted by molar-refractivity contribution is -0.141. The van der Waals surface area contributed by atoms with Crippen LogP contribution in [0.3, 0.4) is 0 Å². The standard InChI is InChI=1S/C27H35N3O5S/c1-17-15-22(17)30(25(32)21(16-36)29-26(33)35-27(2,3)4)23(18-9-7-6-8-10-18)24(31)28-19-11-13-20(34-5)14-12-19/h6-14,17,21-23,36H,15-16H2,1-5H3,(H,28,31)(H,29,33). The van der Waals surface area contributed by atoms with Crippen LogP contribution in [0.25, 0.3) is 0 Å². The van der Waals surface area contributed by atoms with Gasteiger partial charge in [-0.1, -0.05) is 37.3 Å². The number of carbonyl (C=O) groups is 3. The first-order valence-electron chi connectivity index (χ1n) is 12.0. The van der Waals surface area contributed by atoms with Crippen LogP contribution in [0.4, 0.5) is 10.5 Å². The monoisotopic (exact) mass is 513 g/mol. The number of alkyl carbamates (subject to hydrolysis) is 1. The van der Waals surface area contributed by atoms with Gasteiger partial charge in [-0.15, -0.1) is 0 Å². The second-order valence-electron chi connectivity index (χ2n) is 9.94. The molecule has 4 unspecified atom stereocenters. The lowest BCUT2D eigenvalue weighted by atomic mass is 10.0. The van der Waals surface area contributed by atoms with E-state index < -0.39 is 23.8 Å². The van der Waals surface area contributed by atoms with E-state index in [4.69, 9.17) is 9.47 Å². The maximum absolute atomic E-state index is 13.9. The third-order valence-electron chi connectivity index (χ3n) is 5.85. The molecule has 3 amide bonds. The molecular formula is C27H35N3O5S. The average molecular weight is 514 g/mol. The normalized spacial score (nSPS) is 18.4. The molecule has 36 heavy (non-hydrogen) atoms. The second kappa shape index (κ2) is 11.7. The molecule has 1 aliphatic carbocycles. The molecule has 8 nitrogen and oxygen atoms in total. The molecule has 0 spiro atoms. The topological polar surface area (TPSA) is 97.0 Å². The molecule has 0 aliphatic heterocycles. The number of nitrogens with zero attached hydrogens (tertiary/aromatic N) is 1. The second-order valence-corrected chi connectivity index (χ2v) is 10.3. The van der Waals surface area contributed by atoms with Gasteiger partial charge in [-0.2, -0.15) is 12.6 Å². The quantitative estimate of drug-likeness (QED) is 0.431. The van der Waals surface area contributed by atoms with Crippen LogP contribution in [0.2, 0.25) is 0 Å². The Balaban J connectivity index is 1.92. The predicted molar refractivity (Wildman–Crippen MR) is 142 cm³/mol. The van der Waals surface area contributed by atoms with Crippen LogP contribution < -0.4 is 15.4 Å². The SMILES string of the molecule is COc1ccc(NC(=O)C(c2ccccc2)N(C(=O)C(CS)NC(=O)OC(C)(C)C)C2CC2C)cc1. The Bertz CT molecular complexity index is 1060. The van der Waals surface area contributed by atoms with Gasteiger partial charge in [-0.25, -0.2) is 4.79 Å². The van der Waals surface area contributed by atoms with E-state index in [1.165, 1.54) is 0 Å². The number of benzene rings is 2. The van der Waals surface area contributed by atoms with Crippen molar-refractivity contribution in [2.24, 2.45) is 5.92 Å². The number of rotatable bonds is 9. The summed E-state index contributed by atoms with van der Waals surface area (Å²) in [7, 11) is 1.57. The fraction of sp³-hybridized carbons (Fsp3) is 0.444. The summed E-state index contributed by atoms with van der Waals surface area (Å²) in [4.78, 5) is 41.6. The molecule has 0 bridgehead atoms. The van der Waals surface area contributed by atoms with Gasteiger partial charge >= 0.3 is 6.09 Å². The van der Waals surface area contributed by atoms with Crippen molar-refractivity contribution in [3.8, 4) is 5.75 Å². The molecule has 194 valence electrons. The lowest BCUT2D eigenvalue weighted by Crippen LogP contribution is -2.54. The minimum Gasteiger partial charge on any atom is -0.497 e. The summed E-state index contributed by atoms with van der Waals surface area (Å²) in [6.45, 7) is 7.27. The van der Waals surface area contributed by atoms with Crippen molar-refractivity contribution in [1.29, 1.82) is 0 Å². The molecule has 1 saturated carbocycles. The Morgan fingerprint density at radius 3 is 2.19 bits per heavy atom. The minimum absolute atomic E-state index is 0.0529. The van der Waals surface area contributed by atoms with Crippen molar-refractivity contribution < 1.29 is 23.9 Å². The van der Waals surface area contributed by atoms with Crippen LogP contribution in [0.5, 0.6) is 5.75 Å². The Kier molecular flexibility index (Phi) is 8.89. The third-order valence-corrected chi connectivity index (χ3v) is 6.21. The van der Waals surface area contributed by atoms with E-state index in [2.05, 4.69) is 23.3 Å². The van der Waals surface area contributed by atoms with Crippen molar-refractivity contribution in [1.82, 2.24) is 10.2 Å². The highest BCUT2D eigenvalue weighted by Crippen LogP contribution is 2.41. The predicted octanol–water partition coefficient (Wildman–Crippen LogP) is 4.44. The average Bonchev–Trinajstić information content (AvgIpc) is 3.55. The summed E-state index contributed by atoms with van der Waals surface area (Å²) >= 11 is 4.32. The molecule has 2 N–H and O–H groups in total. The van der Waals surface area contributed by atoms with Gasteiger partial charge in [-0.05, 0) is 62.9 Å². The highest BCUT2D eigenvalue weighted by molar-refractivity contribution is 7.80. The summed E-state index contributed by atoms with van der Waals surface area (Å²) in [5.41, 5.74) is 0.533. The van der Waals surface area contributed by atoms with Crippen LogP contribution in [0, 0.1) is 5.92 Å². The zero-order valence-corrected chi connectivity index (χ0v) is 22.2. The fourth-order valence-electron chi connectivity index (χ4n) is 3.95. The van der Waals surface area contributed by atoms with E-state index in [1.54, 1.807) is 57.0 Å². The molecule has 1 aliphatic rings. The van der Waals surface area contributed by atoms with Crippen molar-refractivity contribution >= 4 is 36.2 Å². The molecule has 9 heteroatoms. The highest BCUT2D eigenvalue weighted by atomic mass is 32.1. The van der Waals surface area contributed by atoms with Crippen molar-refractivity contribution in [3.05, 3.63) is 60.2 Å².